The highest BCUT2D eigenvalue weighted by Crippen LogP contribution is 2.42. The zero-order chi connectivity index (χ0) is 17.3. The van der Waals surface area contributed by atoms with Crippen LogP contribution in [0.15, 0.2) is 24.3 Å². The second-order valence-corrected chi connectivity index (χ2v) is 6.71. The SMILES string of the molecule is CCC1(C/C=C2\CC(C)Oc3cc(OC)ccc32)C(=O)CCC1=O. The Morgan fingerprint density at radius 2 is 2.00 bits per heavy atom. The molecule has 0 N–H and O–H groups in total. The first-order valence-corrected chi connectivity index (χ1v) is 8.61. The first-order chi connectivity index (χ1) is 11.5. The monoisotopic (exact) mass is 328 g/mol. The molecule has 1 atom stereocenters. The van der Waals surface area contributed by atoms with Gasteiger partial charge >= 0.3 is 0 Å². The van der Waals surface area contributed by atoms with Gasteiger partial charge in [0.2, 0.25) is 0 Å². The van der Waals surface area contributed by atoms with Crippen LogP contribution >= 0.6 is 0 Å². The topological polar surface area (TPSA) is 52.6 Å². The molecule has 1 heterocycles. The van der Waals surface area contributed by atoms with Crippen molar-refractivity contribution in [2.75, 3.05) is 7.11 Å². The molecule has 1 aliphatic heterocycles. The third-order valence-electron chi connectivity index (χ3n) is 5.32. The van der Waals surface area contributed by atoms with Crippen LogP contribution in [0.1, 0.15) is 51.5 Å². The number of carbonyl (C=O) groups excluding carboxylic acids is 2. The van der Waals surface area contributed by atoms with Crippen LogP contribution in [0.3, 0.4) is 0 Å². The van der Waals surface area contributed by atoms with Crippen molar-refractivity contribution in [3.05, 3.63) is 29.8 Å². The van der Waals surface area contributed by atoms with E-state index in [2.05, 4.69) is 6.08 Å². The summed E-state index contributed by atoms with van der Waals surface area (Å²) in [6, 6.07) is 5.79. The molecule has 1 unspecified atom stereocenters. The fourth-order valence-electron chi connectivity index (χ4n) is 3.79. The van der Waals surface area contributed by atoms with E-state index in [4.69, 9.17) is 9.47 Å². The number of rotatable bonds is 4. The second kappa shape index (κ2) is 6.42. The minimum Gasteiger partial charge on any atom is -0.497 e. The summed E-state index contributed by atoms with van der Waals surface area (Å²) in [4.78, 5) is 24.6. The van der Waals surface area contributed by atoms with E-state index in [-0.39, 0.29) is 17.7 Å². The van der Waals surface area contributed by atoms with E-state index in [9.17, 15) is 9.59 Å². The maximum Gasteiger partial charge on any atom is 0.147 e. The van der Waals surface area contributed by atoms with Gasteiger partial charge in [-0.05, 0) is 37.5 Å². The number of methoxy groups -OCH3 is 1. The summed E-state index contributed by atoms with van der Waals surface area (Å²) in [6.45, 7) is 3.96. The van der Waals surface area contributed by atoms with Crippen molar-refractivity contribution in [2.24, 2.45) is 5.41 Å². The maximum absolute atomic E-state index is 12.3. The van der Waals surface area contributed by atoms with Gasteiger partial charge in [0.05, 0.1) is 18.6 Å². The van der Waals surface area contributed by atoms with Gasteiger partial charge in [-0.15, -0.1) is 0 Å². The third kappa shape index (κ3) is 2.74. The quantitative estimate of drug-likeness (QED) is 0.785. The lowest BCUT2D eigenvalue weighted by molar-refractivity contribution is -0.134. The Morgan fingerprint density at radius 3 is 2.62 bits per heavy atom. The molecule has 2 aliphatic rings. The largest absolute Gasteiger partial charge is 0.497 e. The molecule has 0 spiro atoms. The standard InChI is InChI=1S/C20H24O4/c1-4-20(18(21)7-8-19(20)22)10-9-14-11-13(2)24-17-12-15(23-3)5-6-16(14)17/h5-6,9,12-13H,4,7-8,10-11H2,1-3H3/b14-9+. The summed E-state index contributed by atoms with van der Waals surface area (Å²) < 4.78 is 11.2. The molecule has 128 valence electrons. The van der Waals surface area contributed by atoms with Crippen molar-refractivity contribution < 1.29 is 19.1 Å². The van der Waals surface area contributed by atoms with Crippen LogP contribution in [-0.2, 0) is 9.59 Å². The lowest BCUT2D eigenvalue weighted by atomic mass is 9.77. The molecule has 4 nitrogen and oxygen atoms in total. The van der Waals surface area contributed by atoms with E-state index in [1.54, 1.807) is 7.11 Å². The van der Waals surface area contributed by atoms with Crippen molar-refractivity contribution in [1.82, 2.24) is 0 Å². The van der Waals surface area contributed by atoms with E-state index in [1.807, 2.05) is 32.0 Å². The van der Waals surface area contributed by atoms with Gasteiger partial charge in [-0.1, -0.05) is 13.0 Å². The minimum absolute atomic E-state index is 0.0587. The van der Waals surface area contributed by atoms with Crippen molar-refractivity contribution in [3.8, 4) is 11.5 Å². The summed E-state index contributed by atoms with van der Waals surface area (Å²) in [6.07, 6.45) is 4.77. The van der Waals surface area contributed by atoms with E-state index in [0.29, 0.717) is 25.7 Å². The zero-order valence-electron chi connectivity index (χ0n) is 14.6. The number of hydrogen-bond donors (Lipinski definition) is 0. The first-order valence-electron chi connectivity index (χ1n) is 8.61. The predicted octanol–water partition coefficient (Wildman–Crippen LogP) is 3.97. The molecule has 1 saturated carbocycles. The Balaban J connectivity index is 1.94. The summed E-state index contributed by atoms with van der Waals surface area (Å²) in [5, 5.41) is 0. The van der Waals surface area contributed by atoms with Gasteiger partial charge in [0, 0.05) is 30.9 Å². The second-order valence-electron chi connectivity index (χ2n) is 6.71. The minimum atomic E-state index is -0.804. The molecule has 1 aromatic rings. The summed E-state index contributed by atoms with van der Waals surface area (Å²) in [5.41, 5.74) is 1.37. The number of ether oxygens (including phenoxy) is 2. The molecule has 0 aromatic heterocycles. The van der Waals surface area contributed by atoms with Gasteiger partial charge in [0.25, 0.3) is 0 Å². The number of carbonyl (C=O) groups is 2. The highest BCUT2D eigenvalue weighted by Gasteiger charge is 2.46. The molecular weight excluding hydrogens is 304 g/mol. The van der Waals surface area contributed by atoms with Gasteiger partial charge in [0.1, 0.15) is 23.1 Å². The Hall–Kier alpha value is -2.10. The van der Waals surface area contributed by atoms with Crippen LogP contribution in [0.25, 0.3) is 5.57 Å². The molecular formula is C20H24O4. The van der Waals surface area contributed by atoms with Gasteiger partial charge in [-0.3, -0.25) is 9.59 Å². The normalized spacial score (nSPS) is 24.0. The molecule has 0 saturated heterocycles. The van der Waals surface area contributed by atoms with E-state index < -0.39 is 5.41 Å². The van der Waals surface area contributed by atoms with E-state index in [0.717, 1.165) is 29.1 Å². The predicted molar refractivity (Wildman–Crippen MR) is 92.3 cm³/mol. The Morgan fingerprint density at radius 1 is 1.29 bits per heavy atom. The summed E-state index contributed by atoms with van der Waals surface area (Å²) in [7, 11) is 1.63. The fraction of sp³-hybridized carbons (Fsp3) is 0.500. The van der Waals surface area contributed by atoms with Crippen LogP contribution < -0.4 is 9.47 Å². The maximum atomic E-state index is 12.3. The summed E-state index contributed by atoms with van der Waals surface area (Å²) >= 11 is 0. The molecule has 0 bridgehead atoms. The van der Waals surface area contributed by atoms with Crippen LogP contribution in [0.5, 0.6) is 11.5 Å². The summed E-state index contributed by atoms with van der Waals surface area (Å²) in [5.74, 6) is 1.76. The molecule has 0 radical (unpaired) electrons. The van der Waals surface area contributed by atoms with E-state index in [1.165, 1.54) is 0 Å². The zero-order valence-corrected chi connectivity index (χ0v) is 14.6. The van der Waals surface area contributed by atoms with Gasteiger partial charge in [-0.25, -0.2) is 0 Å². The van der Waals surface area contributed by atoms with Crippen molar-refractivity contribution in [1.29, 1.82) is 0 Å². The molecule has 4 heteroatoms. The number of ketones is 2. The molecule has 1 fully saturated rings. The number of benzene rings is 1. The third-order valence-corrected chi connectivity index (χ3v) is 5.32. The first kappa shape index (κ1) is 16.7. The number of allylic oxidation sites excluding steroid dienone is 1. The average Bonchev–Trinajstić information content (AvgIpc) is 2.87. The lowest BCUT2D eigenvalue weighted by Crippen LogP contribution is -2.31. The Bertz CT molecular complexity index is 686. The van der Waals surface area contributed by atoms with E-state index >= 15 is 0 Å². The number of fused-ring (bicyclic) bond motifs is 1. The van der Waals surface area contributed by atoms with Crippen LogP contribution in [0.4, 0.5) is 0 Å². The average molecular weight is 328 g/mol. The smallest absolute Gasteiger partial charge is 0.147 e. The Labute approximate surface area is 142 Å². The van der Waals surface area contributed by atoms with Gasteiger partial charge in [0.15, 0.2) is 0 Å². The molecule has 3 rings (SSSR count). The van der Waals surface area contributed by atoms with Crippen molar-refractivity contribution >= 4 is 17.1 Å². The fourth-order valence-corrected chi connectivity index (χ4v) is 3.79. The van der Waals surface area contributed by atoms with Gasteiger partial charge in [-0.2, -0.15) is 0 Å². The molecule has 1 aromatic carbocycles. The molecule has 24 heavy (non-hydrogen) atoms. The van der Waals surface area contributed by atoms with Gasteiger partial charge < -0.3 is 9.47 Å². The number of hydrogen-bond acceptors (Lipinski definition) is 4. The van der Waals surface area contributed by atoms with Crippen LogP contribution in [0.2, 0.25) is 0 Å². The lowest BCUT2D eigenvalue weighted by Gasteiger charge is -2.28. The highest BCUT2D eigenvalue weighted by molar-refractivity contribution is 6.13. The van der Waals surface area contributed by atoms with Crippen molar-refractivity contribution in [2.45, 2.75) is 52.1 Å². The number of Topliss-reactive ketones (excluding diaryl/α,β-unsaturated/α-hetero) is 2. The van der Waals surface area contributed by atoms with Crippen LogP contribution in [-0.4, -0.2) is 24.8 Å². The molecule has 1 aliphatic carbocycles. The van der Waals surface area contributed by atoms with Crippen molar-refractivity contribution in [3.63, 3.8) is 0 Å². The highest BCUT2D eigenvalue weighted by atomic mass is 16.5. The van der Waals surface area contributed by atoms with Crippen LogP contribution in [0, 0.1) is 5.41 Å². The molecule has 0 amide bonds. The Kier molecular flexibility index (Phi) is 4.48.